The molecule has 0 amide bonds. The van der Waals surface area contributed by atoms with Gasteiger partial charge in [-0.25, -0.2) is 19.6 Å². The first-order valence-electron chi connectivity index (χ1n) is 6.61. The standard InChI is InChI=1S/C13H20N6/c1-4-5-12-17-10(2)6-13(18-12)15-7-11(3)19-9-14-8-16-19/h6,8-9,11H,4-5,7H2,1-3H3,(H,15,17,18)/t11-/m0/s1. The van der Waals surface area contributed by atoms with Crippen molar-refractivity contribution >= 4 is 5.82 Å². The molecule has 0 aliphatic heterocycles. The predicted octanol–water partition coefficient (Wildman–Crippen LogP) is 2.00. The fourth-order valence-corrected chi connectivity index (χ4v) is 1.85. The summed E-state index contributed by atoms with van der Waals surface area (Å²) in [5, 5.41) is 7.46. The van der Waals surface area contributed by atoms with Gasteiger partial charge in [-0.2, -0.15) is 5.10 Å². The summed E-state index contributed by atoms with van der Waals surface area (Å²) in [7, 11) is 0. The Hall–Kier alpha value is -1.98. The first-order valence-corrected chi connectivity index (χ1v) is 6.61. The molecule has 1 atom stereocenters. The van der Waals surface area contributed by atoms with E-state index in [1.807, 2.05) is 17.7 Å². The van der Waals surface area contributed by atoms with Crippen LogP contribution in [-0.4, -0.2) is 31.3 Å². The van der Waals surface area contributed by atoms with Gasteiger partial charge in [0, 0.05) is 24.7 Å². The van der Waals surface area contributed by atoms with Crippen LogP contribution in [-0.2, 0) is 6.42 Å². The third-order valence-electron chi connectivity index (χ3n) is 2.84. The van der Waals surface area contributed by atoms with Gasteiger partial charge < -0.3 is 5.32 Å². The molecule has 0 bridgehead atoms. The van der Waals surface area contributed by atoms with E-state index >= 15 is 0 Å². The SMILES string of the molecule is CCCc1nc(C)cc(NC[C@H](C)n2cncn2)n1. The molecule has 0 spiro atoms. The van der Waals surface area contributed by atoms with Crippen LogP contribution in [0.4, 0.5) is 5.82 Å². The molecule has 0 aliphatic carbocycles. The Morgan fingerprint density at radius 1 is 1.37 bits per heavy atom. The Labute approximate surface area is 113 Å². The highest BCUT2D eigenvalue weighted by Gasteiger charge is 2.06. The average molecular weight is 260 g/mol. The van der Waals surface area contributed by atoms with Crippen molar-refractivity contribution in [1.82, 2.24) is 24.7 Å². The Morgan fingerprint density at radius 2 is 2.21 bits per heavy atom. The van der Waals surface area contributed by atoms with Gasteiger partial charge in [-0.05, 0) is 20.3 Å². The predicted molar refractivity (Wildman–Crippen MR) is 74.0 cm³/mol. The van der Waals surface area contributed by atoms with Crippen LogP contribution in [0.5, 0.6) is 0 Å². The molecular formula is C13H20N6. The van der Waals surface area contributed by atoms with E-state index in [4.69, 9.17) is 0 Å². The molecule has 2 aromatic rings. The summed E-state index contributed by atoms with van der Waals surface area (Å²) in [6.45, 7) is 6.96. The maximum Gasteiger partial charge on any atom is 0.137 e. The largest absolute Gasteiger partial charge is 0.368 e. The van der Waals surface area contributed by atoms with Crippen molar-refractivity contribution < 1.29 is 0 Å². The lowest BCUT2D eigenvalue weighted by Crippen LogP contribution is -2.17. The van der Waals surface area contributed by atoms with Gasteiger partial charge in [-0.1, -0.05) is 6.92 Å². The highest BCUT2D eigenvalue weighted by Crippen LogP contribution is 2.10. The third-order valence-corrected chi connectivity index (χ3v) is 2.84. The van der Waals surface area contributed by atoms with Crippen LogP contribution >= 0.6 is 0 Å². The molecule has 1 N–H and O–H groups in total. The molecule has 0 aromatic carbocycles. The Kier molecular flexibility index (Phi) is 4.43. The van der Waals surface area contributed by atoms with E-state index in [0.29, 0.717) is 0 Å². The number of hydrogen-bond donors (Lipinski definition) is 1. The molecule has 19 heavy (non-hydrogen) atoms. The number of aryl methyl sites for hydroxylation is 2. The molecule has 2 heterocycles. The lowest BCUT2D eigenvalue weighted by Gasteiger charge is -2.13. The monoisotopic (exact) mass is 260 g/mol. The summed E-state index contributed by atoms with van der Waals surface area (Å²) in [6, 6.07) is 2.19. The second-order valence-corrected chi connectivity index (χ2v) is 4.67. The fraction of sp³-hybridized carbons (Fsp3) is 0.538. The molecule has 6 heteroatoms. The summed E-state index contributed by atoms with van der Waals surface area (Å²) < 4.78 is 1.83. The Morgan fingerprint density at radius 3 is 2.89 bits per heavy atom. The van der Waals surface area contributed by atoms with E-state index in [0.717, 1.165) is 36.7 Å². The summed E-state index contributed by atoms with van der Waals surface area (Å²) in [4.78, 5) is 12.9. The zero-order chi connectivity index (χ0) is 13.7. The number of aromatic nitrogens is 5. The van der Waals surface area contributed by atoms with E-state index in [9.17, 15) is 0 Å². The zero-order valence-corrected chi connectivity index (χ0v) is 11.7. The smallest absolute Gasteiger partial charge is 0.137 e. The molecule has 2 rings (SSSR count). The summed E-state index contributed by atoms with van der Waals surface area (Å²) in [5.41, 5.74) is 0.995. The number of nitrogens with one attached hydrogen (secondary N) is 1. The van der Waals surface area contributed by atoms with Crippen LogP contribution in [0.3, 0.4) is 0 Å². The van der Waals surface area contributed by atoms with Gasteiger partial charge in [0.25, 0.3) is 0 Å². The molecule has 0 aliphatic rings. The molecule has 2 aromatic heterocycles. The molecule has 6 nitrogen and oxygen atoms in total. The van der Waals surface area contributed by atoms with Crippen molar-refractivity contribution in [3.8, 4) is 0 Å². The summed E-state index contributed by atoms with van der Waals surface area (Å²) >= 11 is 0. The van der Waals surface area contributed by atoms with Gasteiger partial charge in [-0.15, -0.1) is 0 Å². The first-order chi connectivity index (χ1) is 9.19. The van der Waals surface area contributed by atoms with Crippen molar-refractivity contribution in [2.45, 2.75) is 39.7 Å². The highest BCUT2D eigenvalue weighted by molar-refractivity contribution is 5.35. The second-order valence-electron chi connectivity index (χ2n) is 4.67. The summed E-state index contributed by atoms with van der Waals surface area (Å²) in [6.07, 6.45) is 5.23. The normalized spacial score (nSPS) is 12.4. The molecule has 0 saturated carbocycles. The minimum atomic E-state index is 0.229. The molecular weight excluding hydrogens is 240 g/mol. The maximum absolute atomic E-state index is 4.51. The third kappa shape index (κ3) is 3.74. The number of anilines is 1. The zero-order valence-electron chi connectivity index (χ0n) is 11.7. The van der Waals surface area contributed by atoms with E-state index in [1.54, 1.807) is 12.7 Å². The fourth-order valence-electron chi connectivity index (χ4n) is 1.85. The number of hydrogen-bond acceptors (Lipinski definition) is 5. The van der Waals surface area contributed by atoms with Gasteiger partial charge in [0.2, 0.25) is 0 Å². The first kappa shape index (κ1) is 13.5. The number of rotatable bonds is 6. The van der Waals surface area contributed by atoms with Crippen molar-refractivity contribution in [2.75, 3.05) is 11.9 Å². The van der Waals surface area contributed by atoms with E-state index in [-0.39, 0.29) is 6.04 Å². The van der Waals surface area contributed by atoms with Crippen LogP contribution < -0.4 is 5.32 Å². The minimum Gasteiger partial charge on any atom is -0.368 e. The molecule has 0 saturated heterocycles. The number of nitrogens with zero attached hydrogens (tertiary/aromatic N) is 5. The van der Waals surface area contributed by atoms with E-state index in [1.165, 1.54) is 0 Å². The van der Waals surface area contributed by atoms with Crippen LogP contribution in [0, 0.1) is 6.92 Å². The summed E-state index contributed by atoms with van der Waals surface area (Å²) in [5.74, 6) is 1.78. The average Bonchev–Trinajstić information content (AvgIpc) is 2.89. The van der Waals surface area contributed by atoms with Gasteiger partial charge in [-0.3, -0.25) is 0 Å². The molecule has 102 valence electrons. The molecule has 0 fully saturated rings. The van der Waals surface area contributed by atoms with E-state index in [2.05, 4.69) is 39.2 Å². The van der Waals surface area contributed by atoms with Gasteiger partial charge in [0.05, 0.1) is 6.04 Å². The van der Waals surface area contributed by atoms with Crippen molar-refractivity contribution in [2.24, 2.45) is 0 Å². The highest BCUT2D eigenvalue weighted by atomic mass is 15.3. The lowest BCUT2D eigenvalue weighted by molar-refractivity contribution is 0.510. The van der Waals surface area contributed by atoms with Crippen LogP contribution in [0.25, 0.3) is 0 Å². The van der Waals surface area contributed by atoms with Gasteiger partial charge in [0.1, 0.15) is 24.3 Å². The van der Waals surface area contributed by atoms with Crippen molar-refractivity contribution in [3.05, 3.63) is 30.2 Å². The Balaban J connectivity index is 1.99. The Bertz CT molecular complexity index is 508. The second kappa shape index (κ2) is 6.26. The molecule has 0 radical (unpaired) electrons. The minimum absolute atomic E-state index is 0.229. The van der Waals surface area contributed by atoms with E-state index < -0.39 is 0 Å². The van der Waals surface area contributed by atoms with Gasteiger partial charge >= 0.3 is 0 Å². The quantitative estimate of drug-likeness (QED) is 0.860. The van der Waals surface area contributed by atoms with Crippen LogP contribution in [0.1, 0.15) is 37.8 Å². The van der Waals surface area contributed by atoms with Crippen LogP contribution in [0.2, 0.25) is 0 Å². The van der Waals surface area contributed by atoms with Crippen molar-refractivity contribution in [1.29, 1.82) is 0 Å². The van der Waals surface area contributed by atoms with Crippen LogP contribution in [0.15, 0.2) is 18.7 Å². The van der Waals surface area contributed by atoms with Crippen molar-refractivity contribution in [3.63, 3.8) is 0 Å². The van der Waals surface area contributed by atoms with Gasteiger partial charge in [0.15, 0.2) is 0 Å². The topological polar surface area (TPSA) is 68.5 Å². The lowest BCUT2D eigenvalue weighted by atomic mass is 10.3. The maximum atomic E-state index is 4.51. The molecule has 0 unspecified atom stereocenters.